The SMILES string of the molecule is CCCCN1C(=O)C(C(O)C(C)C)NC(=O)C12CCN(Cc1ccc(Oc3ccccc3)cc1)CC2. The normalized spacial score (nSPS) is 21.0. The number of hydrogen-bond donors (Lipinski definition) is 2. The molecule has 2 fully saturated rings. The molecule has 2 amide bonds. The zero-order chi connectivity index (χ0) is 25.7. The van der Waals surface area contributed by atoms with Crippen molar-refractivity contribution < 1.29 is 19.4 Å². The summed E-state index contributed by atoms with van der Waals surface area (Å²) < 4.78 is 5.89. The van der Waals surface area contributed by atoms with Crippen LogP contribution in [0.2, 0.25) is 0 Å². The highest BCUT2D eigenvalue weighted by atomic mass is 16.5. The van der Waals surface area contributed by atoms with Gasteiger partial charge in [0, 0.05) is 26.2 Å². The number of unbranched alkanes of at least 4 members (excludes halogenated alkanes) is 1. The number of nitrogens with one attached hydrogen (secondary N) is 1. The molecule has 7 heteroatoms. The van der Waals surface area contributed by atoms with E-state index in [0.29, 0.717) is 19.4 Å². The van der Waals surface area contributed by atoms with Crippen LogP contribution >= 0.6 is 0 Å². The number of carbonyl (C=O) groups excluding carboxylic acids is 2. The van der Waals surface area contributed by atoms with Crippen molar-refractivity contribution >= 4 is 11.8 Å². The number of nitrogens with zero attached hydrogens (tertiary/aromatic N) is 2. The minimum absolute atomic E-state index is 0.118. The lowest BCUT2D eigenvalue weighted by molar-refractivity contribution is -0.165. The van der Waals surface area contributed by atoms with E-state index in [9.17, 15) is 14.7 Å². The highest BCUT2D eigenvalue weighted by molar-refractivity contribution is 6.00. The summed E-state index contributed by atoms with van der Waals surface area (Å²) in [5.41, 5.74) is 0.349. The maximum Gasteiger partial charge on any atom is 0.248 e. The number of rotatable bonds is 9. The summed E-state index contributed by atoms with van der Waals surface area (Å²) in [6, 6.07) is 17.0. The number of hydrogen-bond acceptors (Lipinski definition) is 5. The van der Waals surface area contributed by atoms with Crippen molar-refractivity contribution in [2.75, 3.05) is 19.6 Å². The van der Waals surface area contributed by atoms with Crippen molar-refractivity contribution in [2.24, 2.45) is 5.92 Å². The lowest BCUT2D eigenvalue weighted by atomic mass is 9.80. The summed E-state index contributed by atoms with van der Waals surface area (Å²) in [5, 5.41) is 13.5. The van der Waals surface area contributed by atoms with E-state index in [1.54, 1.807) is 4.90 Å². The second-order valence-corrected chi connectivity index (χ2v) is 10.4. The van der Waals surface area contributed by atoms with E-state index >= 15 is 0 Å². The minimum atomic E-state index is -0.892. The van der Waals surface area contributed by atoms with Crippen molar-refractivity contribution in [3.8, 4) is 11.5 Å². The summed E-state index contributed by atoms with van der Waals surface area (Å²) in [6.07, 6.45) is 2.07. The van der Waals surface area contributed by atoms with Crippen LogP contribution in [-0.2, 0) is 16.1 Å². The summed E-state index contributed by atoms with van der Waals surface area (Å²) >= 11 is 0. The first-order valence-electron chi connectivity index (χ1n) is 13.2. The van der Waals surface area contributed by atoms with E-state index in [1.165, 1.54) is 5.56 Å². The van der Waals surface area contributed by atoms with Crippen molar-refractivity contribution in [3.05, 3.63) is 60.2 Å². The van der Waals surface area contributed by atoms with Crippen molar-refractivity contribution in [1.29, 1.82) is 0 Å². The van der Waals surface area contributed by atoms with Crippen LogP contribution in [0.1, 0.15) is 52.0 Å². The molecule has 7 nitrogen and oxygen atoms in total. The number of ether oxygens (including phenoxy) is 1. The Morgan fingerprint density at radius 2 is 1.67 bits per heavy atom. The summed E-state index contributed by atoms with van der Waals surface area (Å²) in [6.45, 7) is 8.59. The lowest BCUT2D eigenvalue weighted by Crippen LogP contribution is -2.74. The van der Waals surface area contributed by atoms with Gasteiger partial charge in [0.2, 0.25) is 11.8 Å². The predicted molar refractivity (Wildman–Crippen MR) is 140 cm³/mol. The quantitative estimate of drug-likeness (QED) is 0.553. The molecular formula is C29H39N3O4. The number of aliphatic hydroxyl groups excluding tert-OH is 1. The topological polar surface area (TPSA) is 82.1 Å². The Morgan fingerprint density at radius 1 is 1.03 bits per heavy atom. The van der Waals surface area contributed by atoms with Gasteiger partial charge in [0.05, 0.1) is 6.10 Å². The molecule has 0 saturated carbocycles. The van der Waals surface area contributed by atoms with Crippen molar-refractivity contribution in [2.45, 2.75) is 70.7 Å². The third kappa shape index (κ3) is 5.57. The predicted octanol–water partition coefficient (Wildman–Crippen LogP) is 3.96. The Balaban J connectivity index is 1.40. The first-order chi connectivity index (χ1) is 17.3. The number of aliphatic hydroxyl groups is 1. The Bertz CT molecular complexity index is 1020. The van der Waals surface area contributed by atoms with Gasteiger partial charge in [-0.05, 0) is 55.0 Å². The van der Waals surface area contributed by atoms with Gasteiger partial charge in [-0.25, -0.2) is 0 Å². The molecular weight excluding hydrogens is 454 g/mol. The summed E-state index contributed by atoms with van der Waals surface area (Å²) in [7, 11) is 0. The van der Waals surface area contributed by atoms with E-state index in [4.69, 9.17) is 4.74 Å². The molecule has 2 aliphatic heterocycles. The number of piperazine rings is 1. The molecule has 0 radical (unpaired) electrons. The highest BCUT2D eigenvalue weighted by Crippen LogP contribution is 2.35. The molecule has 2 atom stereocenters. The van der Waals surface area contributed by atoms with Gasteiger partial charge in [0.1, 0.15) is 23.1 Å². The zero-order valence-corrected chi connectivity index (χ0v) is 21.7. The molecule has 2 N–H and O–H groups in total. The average molecular weight is 494 g/mol. The number of amides is 2. The molecule has 2 unspecified atom stereocenters. The summed E-state index contributed by atoms with van der Waals surface area (Å²) in [4.78, 5) is 31.0. The van der Waals surface area contributed by atoms with Gasteiger partial charge in [-0.15, -0.1) is 0 Å². The number of likely N-dealkylation sites (tertiary alicyclic amines) is 1. The van der Waals surface area contributed by atoms with Crippen LogP contribution in [0.4, 0.5) is 0 Å². The largest absolute Gasteiger partial charge is 0.457 e. The molecule has 0 aromatic heterocycles. The van der Waals surface area contributed by atoms with E-state index in [1.807, 2.05) is 56.3 Å². The fourth-order valence-corrected chi connectivity index (χ4v) is 5.22. The maximum atomic E-state index is 13.5. The molecule has 0 bridgehead atoms. The fourth-order valence-electron chi connectivity index (χ4n) is 5.22. The second kappa shape index (κ2) is 11.4. The van der Waals surface area contributed by atoms with Crippen LogP contribution in [0, 0.1) is 5.92 Å². The van der Waals surface area contributed by atoms with Crippen LogP contribution in [0.3, 0.4) is 0 Å². The Morgan fingerprint density at radius 3 is 2.28 bits per heavy atom. The highest BCUT2D eigenvalue weighted by Gasteiger charge is 2.54. The first kappa shape index (κ1) is 26.2. The monoisotopic (exact) mass is 493 g/mol. The van der Waals surface area contributed by atoms with E-state index < -0.39 is 17.7 Å². The number of benzene rings is 2. The Labute approximate surface area is 214 Å². The number of para-hydroxylation sites is 1. The molecule has 194 valence electrons. The van der Waals surface area contributed by atoms with Gasteiger partial charge in [0.15, 0.2) is 0 Å². The smallest absolute Gasteiger partial charge is 0.248 e. The number of piperidine rings is 1. The molecule has 2 aromatic rings. The van der Waals surface area contributed by atoms with Crippen LogP contribution in [0.15, 0.2) is 54.6 Å². The van der Waals surface area contributed by atoms with E-state index in [0.717, 1.165) is 44.0 Å². The van der Waals surface area contributed by atoms with Crippen LogP contribution < -0.4 is 10.1 Å². The molecule has 0 aliphatic carbocycles. The zero-order valence-electron chi connectivity index (χ0n) is 21.7. The molecule has 2 saturated heterocycles. The van der Waals surface area contributed by atoms with E-state index in [-0.39, 0.29) is 17.7 Å². The maximum absolute atomic E-state index is 13.5. The molecule has 2 aliphatic rings. The van der Waals surface area contributed by atoms with E-state index in [2.05, 4.69) is 29.3 Å². The van der Waals surface area contributed by atoms with Crippen molar-refractivity contribution in [3.63, 3.8) is 0 Å². The van der Waals surface area contributed by atoms with Gasteiger partial charge in [-0.3, -0.25) is 14.5 Å². The first-order valence-corrected chi connectivity index (χ1v) is 13.2. The third-order valence-electron chi connectivity index (χ3n) is 7.51. The Kier molecular flexibility index (Phi) is 8.32. The van der Waals surface area contributed by atoms with Gasteiger partial charge >= 0.3 is 0 Å². The van der Waals surface area contributed by atoms with Crippen LogP contribution in [-0.4, -0.2) is 64.0 Å². The molecule has 4 rings (SSSR count). The molecule has 36 heavy (non-hydrogen) atoms. The summed E-state index contributed by atoms with van der Waals surface area (Å²) in [5.74, 6) is 1.22. The van der Waals surface area contributed by atoms with Crippen LogP contribution in [0.25, 0.3) is 0 Å². The van der Waals surface area contributed by atoms with Crippen molar-refractivity contribution in [1.82, 2.24) is 15.1 Å². The average Bonchev–Trinajstić information content (AvgIpc) is 2.89. The third-order valence-corrected chi connectivity index (χ3v) is 7.51. The molecule has 2 aromatic carbocycles. The lowest BCUT2D eigenvalue weighted by Gasteiger charge is -2.52. The van der Waals surface area contributed by atoms with Gasteiger partial charge in [-0.1, -0.05) is 57.5 Å². The Hall–Kier alpha value is -2.90. The van der Waals surface area contributed by atoms with Gasteiger partial charge in [0.25, 0.3) is 0 Å². The van der Waals surface area contributed by atoms with Gasteiger partial charge < -0.3 is 20.1 Å². The van der Waals surface area contributed by atoms with Crippen LogP contribution in [0.5, 0.6) is 11.5 Å². The number of carbonyl (C=O) groups is 2. The standard InChI is InChI=1S/C29H39N3O4/c1-4-5-17-32-27(34)25(26(33)21(2)3)30-28(35)29(32)15-18-31(19-16-29)20-22-11-13-24(14-12-22)36-23-9-7-6-8-10-23/h6-14,21,25-26,33H,4-5,15-20H2,1-3H3,(H,30,35). The van der Waals surface area contributed by atoms with Gasteiger partial charge in [-0.2, -0.15) is 0 Å². The molecule has 2 heterocycles. The minimum Gasteiger partial charge on any atom is -0.457 e. The fraction of sp³-hybridized carbons (Fsp3) is 0.517. The molecule has 1 spiro atoms. The second-order valence-electron chi connectivity index (χ2n) is 10.4.